The fourth-order valence-electron chi connectivity index (χ4n) is 1.08. The average Bonchev–Trinajstić information content (AvgIpc) is 2.58. The monoisotopic (exact) mass is 159 g/mol. The van der Waals surface area contributed by atoms with Crippen molar-refractivity contribution in [2.75, 3.05) is 5.73 Å². The molecular formula is C9H9N3. The second kappa shape index (κ2) is 2.70. The van der Waals surface area contributed by atoms with Crippen LogP contribution in [0.5, 0.6) is 0 Å². The molecule has 0 spiro atoms. The molecule has 0 unspecified atom stereocenters. The van der Waals surface area contributed by atoms with Crippen LogP contribution in [0.15, 0.2) is 36.8 Å². The molecule has 0 bridgehead atoms. The van der Waals surface area contributed by atoms with Crippen LogP contribution in [0.3, 0.4) is 0 Å². The van der Waals surface area contributed by atoms with E-state index in [9.17, 15) is 0 Å². The lowest BCUT2D eigenvalue weighted by Gasteiger charge is -1.96. The van der Waals surface area contributed by atoms with Gasteiger partial charge in [-0.2, -0.15) is 0 Å². The molecule has 12 heavy (non-hydrogen) atoms. The van der Waals surface area contributed by atoms with Crippen molar-refractivity contribution in [3.05, 3.63) is 36.8 Å². The lowest BCUT2D eigenvalue weighted by Crippen LogP contribution is -1.88. The molecule has 3 nitrogen and oxygen atoms in total. The number of nitrogens with two attached hydrogens (primary N) is 1. The van der Waals surface area contributed by atoms with Gasteiger partial charge in [-0.15, -0.1) is 0 Å². The summed E-state index contributed by atoms with van der Waals surface area (Å²) < 4.78 is 0. The molecule has 0 aliphatic heterocycles. The summed E-state index contributed by atoms with van der Waals surface area (Å²) in [6, 6.07) is 5.74. The molecule has 0 saturated carbocycles. The van der Waals surface area contributed by atoms with Gasteiger partial charge in [0.15, 0.2) is 0 Å². The Morgan fingerprint density at radius 2 is 2.08 bits per heavy atom. The normalized spacial score (nSPS) is 10.0. The number of aromatic amines is 1. The van der Waals surface area contributed by atoms with Gasteiger partial charge in [-0.1, -0.05) is 0 Å². The summed E-state index contributed by atoms with van der Waals surface area (Å²) in [5.74, 6) is 0.550. The standard InChI is InChI=1S/C9H9N3/c10-9-2-1-7(6-12-9)8-3-4-11-5-8/h1-6,11H,(H2,10,12). The predicted molar refractivity (Wildman–Crippen MR) is 48.4 cm³/mol. The highest BCUT2D eigenvalue weighted by Gasteiger charge is 1.96. The van der Waals surface area contributed by atoms with Gasteiger partial charge < -0.3 is 10.7 Å². The van der Waals surface area contributed by atoms with Crippen molar-refractivity contribution in [3.63, 3.8) is 0 Å². The van der Waals surface area contributed by atoms with Gasteiger partial charge in [0.05, 0.1) is 0 Å². The Balaban J connectivity index is 2.43. The molecule has 0 amide bonds. The summed E-state index contributed by atoms with van der Waals surface area (Å²) in [6.45, 7) is 0. The largest absolute Gasteiger partial charge is 0.384 e. The number of nitrogens with zero attached hydrogens (tertiary/aromatic N) is 1. The molecule has 2 aromatic heterocycles. The zero-order chi connectivity index (χ0) is 8.39. The van der Waals surface area contributed by atoms with Crippen LogP contribution in [0, 0.1) is 0 Å². The Morgan fingerprint density at radius 3 is 2.67 bits per heavy atom. The van der Waals surface area contributed by atoms with E-state index in [1.807, 2.05) is 24.5 Å². The topological polar surface area (TPSA) is 54.7 Å². The van der Waals surface area contributed by atoms with Crippen molar-refractivity contribution in [2.24, 2.45) is 0 Å². The Hall–Kier alpha value is -1.77. The van der Waals surface area contributed by atoms with E-state index in [0.717, 1.165) is 11.1 Å². The first kappa shape index (κ1) is 6.91. The zero-order valence-electron chi connectivity index (χ0n) is 6.49. The Bertz CT molecular complexity index is 348. The average molecular weight is 159 g/mol. The van der Waals surface area contributed by atoms with Crippen LogP contribution in [0.1, 0.15) is 0 Å². The summed E-state index contributed by atoms with van der Waals surface area (Å²) in [4.78, 5) is 6.98. The summed E-state index contributed by atoms with van der Waals surface area (Å²) in [7, 11) is 0. The summed E-state index contributed by atoms with van der Waals surface area (Å²) in [5.41, 5.74) is 7.66. The number of pyridine rings is 1. The molecular weight excluding hydrogens is 150 g/mol. The minimum atomic E-state index is 0.550. The number of hydrogen-bond donors (Lipinski definition) is 2. The number of H-pyrrole nitrogens is 1. The maximum absolute atomic E-state index is 5.46. The van der Waals surface area contributed by atoms with E-state index in [-0.39, 0.29) is 0 Å². The second-order valence-electron chi connectivity index (χ2n) is 2.57. The lowest BCUT2D eigenvalue weighted by molar-refractivity contribution is 1.34. The van der Waals surface area contributed by atoms with E-state index < -0.39 is 0 Å². The zero-order valence-corrected chi connectivity index (χ0v) is 6.49. The van der Waals surface area contributed by atoms with Crippen molar-refractivity contribution in [2.45, 2.75) is 0 Å². The maximum atomic E-state index is 5.46. The summed E-state index contributed by atoms with van der Waals surface area (Å²) >= 11 is 0. The highest BCUT2D eigenvalue weighted by molar-refractivity contribution is 5.62. The third-order valence-electron chi connectivity index (χ3n) is 1.72. The molecule has 2 heterocycles. The lowest BCUT2D eigenvalue weighted by atomic mass is 10.1. The van der Waals surface area contributed by atoms with Crippen molar-refractivity contribution < 1.29 is 0 Å². The van der Waals surface area contributed by atoms with E-state index in [1.165, 1.54) is 0 Å². The molecule has 0 aromatic carbocycles. The molecule has 3 heteroatoms. The second-order valence-corrected chi connectivity index (χ2v) is 2.57. The van der Waals surface area contributed by atoms with Crippen molar-refractivity contribution in [1.82, 2.24) is 9.97 Å². The predicted octanol–water partition coefficient (Wildman–Crippen LogP) is 1.66. The molecule has 0 atom stereocenters. The molecule has 0 aliphatic rings. The van der Waals surface area contributed by atoms with Gasteiger partial charge in [-0.05, 0) is 18.2 Å². The third kappa shape index (κ3) is 1.16. The first-order valence-corrected chi connectivity index (χ1v) is 3.71. The van der Waals surface area contributed by atoms with Crippen LogP contribution in [-0.2, 0) is 0 Å². The smallest absolute Gasteiger partial charge is 0.123 e. The van der Waals surface area contributed by atoms with Gasteiger partial charge in [0.25, 0.3) is 0 Å². The van der Waals surface area contributed by atoms with Gasteiger partial charge in [0, 0.05) is 29.7 Å². The minimum Gasteiger partial charge on any atom is -0.384 e. The fraction of sp³-hybridized carbons (Fsp3) is 0. The summed E-state index contributed by atoms with van der Waals surface area (Å²) in [6.07, 6.45) is 5.57. The number of rotatable bonds is 1. The highest BCUT2D eigenvalue weighted by Crippen LogP contribution is 2.17. The van der Waals surface area contributed by atoms with Crippen molar-refractivity contribution in [3.8, 4) is 11.1 Å². The maximum Gasteiger partial charge on any atom is 0.123 e. The highest BCUT2D eigenvalue weighted by atomic mass is 14.8. The number of nitrogens with one attached hydrogen (secondary N) is 1. The van der Waals surface area contributed by atoms with E-state index in [0.29, 0.717) is 5.82 Å². The van der Waals surface area contributed by atoms with E-state index >= 15 is 0 Å². The van der Waals surface area contributed by atoms with Gasteiger partial charge >= 0.3 is 0 Å². The van der Waals surface area contributed by atoms with Crippen molar-refractivity contribution in [1.29, 1.82) is 0 Å². The van der Waals surface area contributed by atoms with Gasteiger partial charge in [-0.25, -0.2) is 4.98 Å². The van der Waals surface area contributed by atoms with E-state index in [2.05, 4.69) is 9.97 Å². The van der Waals surface area contributed by atoms with Crippen LogP contribution >= 0.6 is 0 Å². The number of hydrogen-bond acceptors (Lipinski definition) is 2. The van der Waals surface area contributed by atoms with Crippen LogP contribution in [0.25, 0.3) is 11.1 Å². The molecule has 0 aliphatic carbocycles. The van der Waals surface area contributed by atoms with Gasteiger partial charge in [0.2, 0.25) is 0 Å². The van der Waals surface area contributed by atoms with Crippen LogP contribution in [-0.4, -0.2) is 9.97 Å². The van der Waals surface area contributed by atoms with E-state index in [1.54, 1.807) is 12.3 Å². The third-order valence-corrected chi connectivity index (χ3v) is 1.72. The SMILES string of the molecule is Nc1ccc(-c2cc[nH]c2)cn1. The molecule has 0 saturated heterocycles. The number of nitrogen functional groups attached to an aromatic ring is 1. The first-order chi connectivity index (χ1) is 5.86. The number of anilines is 1. The summed E-state index contributed by atoms with van der Waals surface area (Å²) in [5, 5.41) is 0. The molecule has 60 valence electrons. The minimum absolute atomic E-state index is 0.550. The molecule has 0 radical (unpaired) electrons. The van der Waals surface area contributed by atoms with Crippen LogP contribution in [0.4, 0.5) is 5.82 Å². The molecule has 0 fully saturated rings. The number of aromatic nitrogens is 2. The Labute approximate surface area is 70.3 Å². The van der Waals surface area contributed by atoms with E-state index in [4.69, 9.17) is 5.73 Å². The molecule has 3 N–H and O–H groups in total. The molecule has 2 rings (SSSR count). The Morgan fingerprint density at radius 1 is 1.17 bits per heavy atom. The van der Waals surface area contributed by atoms with Crippen molar-refractivity contribution >= 4 is 5.82 Å². The Kier molecular flexibility index (Phi) is 1.55. The van der Waals surface area contributed by atoms with Gasteiger partial charge in [-0.3, -0.25) is 0 Å². The van der Waals surface area contributed by atoms with Gasteiger partial charge in [0.1, 0.15) is 5.82 Å². The van der Waals surface area contributed by atoms with Crippen LogP contribution in [0.2, 0.25) is 0 Å². The quantitative estimate of drug-likeness (QED) is 0.664. The van der Waals surface area contributed by atoms with Crippen LogP contribution < -0.4 is 5.73 Å². The fourth-order valence-corrected chi connectivity index (χ4v) is 1.08. The molecule has 2 aromatic rings. The first-order valence-electron chi connectivity index (χ1n) is 3.71.